The van der Waals surface area contributed by atoms with E-state index >= 15 is 0 Å². The highest BCUT2D eigenvalue weighted by Gasteiger charge is 2.13. The Balaban J connectivity index is 1.47. The summed E-state index contributed by atoms with van der Waals surface area (Å²) < 4.78 is 10.5. The summed E-state index contributed by atoms with van der Waals surface area (Å²) in [5.74, 6) is 1.34. The summed E-state index contributed by atoms with van der Waals surface area (Å²) in [6.45, 7) is 0.931. The van der Waals surface area contributed by atoms with Crippen molar-refractivity contribution < 1.29 is 14.3 Å². The number of nitrogens with one attached hydrogen (secondary N) is 2. The van der Waals surface area contributed by atoms with Gasteiger partial charge in [0.15, 0.2) is 11.5 Å². The lowest BCUT2D eigenvalue weighted by Crippen LogP contribution is -2.29. The van der Waals surface area contributed by atoms with Crippen LogP contribution in [0.15, 0.2) is 42.7 Å². The van der Waals surface area contributed by atoms with Crippen LogP contribution in [0.1, 0.15) is 5.56 Å². The molecular formula is C15H15N3O3. The number of hydrogen-bond donors (Lipinski definition) is 2. The van der Waals surface area contributed by atoms with Crippen molar-refractivity contribution in [1.82, 2.24) is 10.3 Å². The van der Waals surface area contributed by atoms with Gasteiger partial charge >= 0.3 is 0 Å². The molecule has 0 atom stereocenters. The van der Waals surface area contributed by atoms with Crippen molar-refractivity contribution in [3.8, 4) is 11.5 Å². The molecule has 108 valence electrons. The van der Waals surface area contributed by atoms with Crippen molar-refractivity contribution >= 4 is 11.6 Å². The summed E-state index contributed by atoms with van der Waals surface area (Å²) in [5, 5.41) is 5.89. The van der Waals surface area contributed by atoms with E-state index in [0.29, 0.717) is 12.3 Å². The highest BCUT2D eigenvalue weighted by Crippen LogP contribution is 2.34. The number of amides is 1. The maximum atomic E-state index is 11.8. The number of ether oxygens (including phenoxy) is 2. The molecule has 0 bridgehead atoms. The zero-order valence-corrected chi connectivity index (χ0v) is 11.3. The number of rotatable bonds is 5. The van der Waals surface area contributed by atoms with Crippen molar-refractivity contribution in [2.75, 3.05) is 18.7 Å². The van der Waals surface area contributed by atoms with Gasteiger partial charge in [-0.05, 0) is 29.8 Å². The Morgan fingerprint density at radius 3 is 2.81 bits per heavy atom. The molecule has 0 fully saturated rings. The van der Waals surface area contributed by atoms with Gasteiger partial charge in [-0.15, -0.1) is 0 Å². The van der Waals surface area contributed by atoms with E-state index in [2.05, 4.69) is 15.6 Å². The molecule has 1 aliphatic rings. The maximum absolute atomic E-state index is 11.8. The monoisotopic (exact) mass is 285 g/mol. The van der Waals surface area contributed by atoms with E-state index in [-0.39, 0.29) is 19.2 Å². The standard InChI is InChI=1S/C15H15N3O3/c19-15(18-8-11-3-5-16-6-4-11)9-17-12-1-2-13-14(7-12)21-10-20-13/h1-7,17H,8-10H2,(H,18,19). The van der Waals surface area contributed by atoms with Gasteiger partial charge in [-0.25, -0.2) is 0 Å². The van der Waals surface area contributed by atoms with Gasteiger partial charge < -0.3 is 20.1 Å². The number of anilines is 1. The quantitative estimate of drug-likeness (QED) is 0.872. The molecule has 3 rings (SSSR count). The molecule has 6 heteroatoms. The third-order valence-corrected chi connectivity index (χ3v) is 3.06. The topological polar surface area (TPSA) is 72.5 Å². The Kier molecular flexibility index (Phi) is 3.86. The normalized spacial score (nSPS) is 12.0. The summed E-state index contributed by atoms with van der Waals surface area (Å²) in [5.41, 5.74) is 1.83. The van der Waals surface area contributed by atoms with Crippen LogP contribution >= 0.6 is 0 Å². The second kappa shape index (κ2) is 6.13. The van der Waals surface area contributed by atoms with Crippen LogP contribution in [0.4, 0.5) is 5.69 Å². The molecule has 0 saturated heterocycles. The second-order valence-corrected chi connectivity index (χ2v) is 4.55. The van der Waals surface area contributed by atoms with E-state index in [0.717, 1.165) is 17.0 Å². The molecule has 21 heavy (non-hydrogen) atoms. The third kappa shape index (κ3) is 3.42. The minimum atomic E-state index is -0.0792. The molecule has 1 amide bonds. The van der Waals surface area contributed by atoms with Gasteiger partial charge in [-0.2, -0.15) is 0 Å². The van der Waals surface area contributed by atoms with Crippen LogP contribution in [0.25, 0.3) is 0 Å². The average Bonchev–Trinajstić information content (AvgIpc) is 2.99. The van der Waals surface area contributed by atoms with E-state index in [9.17, 15) is 4.79 Å². The molecule has 1 aromatic heterocycles. The summed E-state index contributed by atoms with van der Waals surface area (Å²) in [6.07, 6.45) is 3.40. The van der Waals surface area contributed by atoms with Crippen LogP contribution in [-0.2, 0) is 11.3 Å². The van der Waals surface area contributed by atoms with Crippen LogP contribution in [-0.4, -0.2) is 24.2 Å². The SMILES string of the molecule is O=C(CNc1ccc2c(c1)OCO2)NCc1ccncc1. The summed E-state index contributed by atoms with van der Waals surface area (Å²) in [6, 6.07) is 9.22. The lowest BCUT2D eigenvalue weighted by molar-refractivity contribution is -0.119. The van der Waals surface area contributed by atoms with Gasteiger partial charge in [0, 0.05) is 30.7 Å². The van der Waals surface area contributed by atoms with Crippen molar-refractivity contribution in [2.45, 2.75) is 6.54 Å². The molecule has 6 nitrogen and oxygen atoms in total. The molecule has 2 N–H and O–H groups in total. The first-order valence-corrected chi connectivity index (χ1v) is 6.60. The highest BCUT2D eigenvalue weighted by atomic mass is 16.7. The van der Waals surface area contributed by atoms with Gasteiger partial charge in [0.2, 0.25) is 12.7 Å². The largest absolute Gasteiger partial charge is 0.454 e. The minimum absolute atomic E-state index is 0.0792. The smallest absolute Gasteiger partial charge is 0.239 e. The lowest BCUT2D eigenvalue weighted by Gasteiger charge is -2.08. The number of fused-ring (bicyclic) bond motifs is 1. The zero-order valence-electron chi connectivity index (χ0n) is 11.3. The van der Waals surface area contributed by atoms with E-state index in [1.807, 2.05) is 30.3 Å². The predicted octanol–water partition coefficient (Wildman–Crippen LogP) is 1.54. The number of carbonyl (C=O) groups is 1. The fourth-order valence-electron chi connectivity index (χ4n) is 1.95. The van der Waals surface area contributed by atoms with Crippen molar-refractivity contribution in [3.63, 3.8) is 0 Å². The van der Waals surface area contributed by atoms with Gasteiger partial charge in [-0.1, -0.05) is 0 Å². The number of carbonyl (C=O) groups excluding carboxylic acids is 1. The Morgan fingerprint density at radius 2 is 1.95 bits per heavy atom. The molecule has 0 spiro atoms. The van der Waals surface area contributed by atoms with Crippen molar-refractivity contribution in [2.24, 2.45) is 0 Å². The molecular weight excluding hydrogens is 270 g/mol. The summed E-state index contributed by atoms with van der Waals surface area (Å²) in [4.78, 5) is 15.7. The number of benzene rings is 1. The molecule has 0 aliphatic carbocycles. The van der Waals surface area contributed by atoms with Crippen molar-refractivity contribution in [1.29, 1.82) is 0 Å². The van der Waals surface area contributed by atoms with Crippen LogP contribution in [0.3, 0.4) is 0 Å². The van der Waals surface area contributed by atoms with Gasteiger partial charge in [0.25, 0.3) is 0 Å². The molecule has 0 radical (unpaired) electrons. The third-order valence-electron chi connectivity index (χ3n) is 3.06. The number of pyridine rings is 1. The molecule has 1 aromatic carbocycles. The lowest BCUT2D eigenvalue weighted by atomic mass is 10.2. The molecule has 1 aliphatic heterocycles. The van der Waals surface area contributed by atoms with Crippen molar-refractivity contribution in [3.05, 3.63) is 48.3 Å². The molecule has 0 unspecified atom stereocenters. The molecule has 2 heterocycles. The fourth-order valence-corrected chi connectivity index (χ4v) is 1.95. The van der Waals surface area contributed by atoms with Crippen LogP contribution < -0.4 is 20.1 Å². The maximum Gasteiger partial charge on any atom is 0.239 e. The van der Waals surface area contributed by atoms with E-state index < -0.39 is 0 Å². The Hall–Kier alpha value is -2.76. The number of aromatic nitrogens is 1. The van der Waals surface area contributed by atoms with Gasteiger partial charge in [0.05, 0.1) is 6.54 Å². The predicted molar refractivity (Wildman–Crippen MR) is 77.1 cm³/mol. The molecule has 2 aromatic rings. The number of nitrogens with zero attached hydrogens (tertiary/aromatic N) is 1. The summed E-state index contributed by atoms with van der Waals surface area (Å²) >= 11 is 0. The van der Waals surface area contributed by atoms with E-state index in [4.69, 9.17) is 9.47 Å². The van der Waals surface area contributed by atoms with Gasteiger partial charge in [-0.3, -0.25) is 9.78 Å². The zero-order chi connectivity index (χ0) is 14.5. The minimum Gasteiger partial charge on any atom is -0.454 e. The summed E-state index contributed by atoms with van der Waals surface area (Å²) in [7, 11) is 0. The molecule has 0 saturated carbocycles. The Morgan fingerprint density at radius 1 is 1.14 bits per heavy atom. The first-order valence-electron chi connectivity index (χ1n) is 6.60. The first kappa shape index (κ1) is 13.2. The van der Waals surface area contributed by atoms with Crippen LogP contribution in [0, 0.1) is 0 Å². The number of hydrogen-bond acceptors (Lipinski definition) is 5. The highest BCUT2D eigenvalue weighted by molar-refractivity contribution is 5.80. The second-order valence-electron chi connectivity index (χ2n) is 4.55. The van der Waals surface area contributed by atoms with Gasteiger partial charge in [0.1, 0.15) is 0 Å². The Bertz CT molecular complexity index is 631. The van der Waals surface area contributed by atoms with E-state index in [1.165, 1.54) is 0 Å². The first-order chi connectivity index (χ1) is 10.3. The fraction of sp³-hybridized carbons (Fsp3) is 0.200. The average molecular weight is 285 g/mol. The Labute approximate surface area is 122 Å². The van der Waals surface area contributed by atoms with Crippen LogP contribution in [0.5, 0.6) is 11.5 Å². The van der Waals surface area contributed by atoms with Crippen LogP contribution in [0.2, 0.25) is 0 Å². The van der Waals surface area contributed by atoms with E-state index in [1.54, 1.807) is 12.4 Å².